The molecule has 7 heteroatoms. The molecule has 0 aliphatic carbocycles. The van der Waals surface area contributed by atoms with E-state index in [1.54, 1.807) is 6.92 Å². The van der Waals surface area contributed by atoms with Gasteiger partial charge in [0, 0.05) is 13.0 Å². The van der Waals surface area contributed by atoms with Crippen LogP contribution in [0.5, 0.6) is 0 Å². The van der Waals surface area contributed by atoms with Gasteiger partial charge in [-0.25, -0.2) is 0 Å². The van der Waals surface area contributed by atoms with Gasteiger partial charge in [-0.05, 0) is 29.3 Å². The fraction of sp³-hybridized carbons (Fsp3) is 0.667. The van der Waals surface area contributed by atoms with Gasteiger partial charge in [-0.2, -0.15) is 18.3 Å². The maximum atomic E-state index is 12.0. The van der Waals surface area contributed by atoms with Crippen LogP contribution < -0.4 is 0 Å². The molecule has 3 nitrogen and oxygen atoms in total. The lowest BCUT2D eigenvalue weighted by Gasteiger charge is -2.14. The van der Waals surface area contributed by atoms with Crippen LogP contribution in [0.2, 0.25) is 0 Å². The third-order valence-corrected chi connectivity index (χ3v) is 2.76. The maximum Gasteiger partial charge on any atom is 0.389 e. The second-order valence-electron chi connectivity index (χ2n) is 3.36. The summed E-state index contributed by atoms with van der Waals surface area (Å²) in [4.78, 5) is 0. The molecule has 0 amide bonds. The molecule has 0 bridgehead atoms. The van der Waals surface area contributed by atoms with Crippen LogP contribution in [-0.2, 0) is 6.54 Å². The summed E-state index contributed by atoms with van der Waals surface area (Å²) in [5, 5.41) is 13.6. The van der Waals surface area contributed by atoms with Crippen LogP contribution in [-0.4, -0.2) is 21.1 Å². The summed E-state index contributed by atoms with van der Waals surface area (Å²) >= 11 is 3.15. The van der Waals surface area contributed by atoms with Crippen molar-refractivity contribution in [2.45, 2.75) is 38.6 Å². The van der Waals surface area contributed by atoms with Gasteiger partial charge in [-0.1, -0.05) is 0 Å². The van der Waals surface area contributed by atoms with Crippen LogP contribution in [0.15, 0.2) is 10.7 Å². The van der Waals surface area contributed by atoms with Gasteiger partial charge < -0.3 is 5.11 Å². The number of rotatable bonds is 4. The second kappa shape index (κ2) is 5.18. The molecule has 0 aliphatic heterocycles. The van der Waals surface area contributed by atoms with Crippen LogP contribution in [0.4, 0.5) is 13.2 Å². The van der Waals surface area contributed by atoms with Crippen LogP contribution in [0.3, 0.4) is 0 Å². The van der Waals surface area contributed by atoms with Gasteiger partial charge in [0.25, 0.3) is 0 Å². The summed E-state index contributed by atoms with van der Waals surface area (Å²) in [6.07, 6.45) is -5.29. The summed E-state index contributed by atoms with van der Waals surface area (Å²) in [6.45, 7) is 2.31. The Hall–Kier alpha value is -0.560. The molecule has 0 saturated carbocycles. The lowest BCUT2D eigenvalue weighted by molar-refractivity contribution is -0.140. The Bertz CT molecular complexity index is 351. The molecule has 0 aromatic carbocycles. The van der Waals surface area contributed by atoms with Crippen molar-refractivity contribution in [3.8, 4) is 0 Å². The van der Waals surface area contributed by atoms with E-state index in [1.165, 1.54) is 10.9 Å². The Morgan fingerprint density at radius 2 is 2.19 bits per heavy atom. The van der Waals surface area contributed by atoms with E-state index in [1.807, 2.05) is 0 Å². The van der Waals surface area contributed by atoms with Gasteiger partial charge >= 0.3 is 6.18 Å². The second-order valence-corrected chi connectivity index (χ2v) is 4.22. The van der Waals surface area contributed by atoms with E-state index < -0.39 is 18.7 Å². The fourth-order valence-electron chi connectivity index (χ4n) is 1.39. The molecular weight excluding hydrogens is 289 g/mol. The summed E-state index contributed by atoms with van der Waals surface area (Å²) in [5.41, 5.74) is 0.395. The van der Waals surface area contributed by atoms with E-state index >= 15 is 0 Å². The minimum atomic E-state index is -4.25. The third kappa shape index (κ3) is 3.48. The first-order chi connectivity index (χ1) is 7.35. The van der Waals surface area contributed by atoms with Gasteiger partial charge in [0.15, 0.2) is 0 Å². The monoisotopic (exact) mass is 300 g/mol. The molecule has 1 aromatic rings. The van der Waals surface area contributed by atoms with Gasteiger partial charge in [0.2, 0.25) is 0 Å². The predicted octanol–water partition coefficient (Wildman–Crippen LogP) is 3.04. The van der Waals surface area contributed by atoms with Gasteiger partial charge in [-0.15, -0.1) is 0 Å². The highest BCUT2D eigenvalue weighted by Crippen LogP contribution is 2.30. The van der Waals surface area contributed by atoms with Crippen molar-refractivity contribution in [1.82, 2.24) is 9.78 Å². The van der Waals surface area contributed by atoms with Crippen molar-refractivity contribution in [3.05, 3.63) is 16.4 Å². The molecule has 1 aromatic heterocycles. The van der Waals surface area contributed by atoms with Crippen LogP contribution in [0.1, 0.15) is 31.6 Å². The topological polar surface area (TPSA) is 38.0 Å². The number of nitrogens with zero attached hydrogens (tertiary/aromatic N) is 2. The predicted molar refractivity (Wildman–Crippen MR) is 55.8 cm³/mol. The van der Waals surface area contributed by atoms with Crippen LogP contribution in [0.25, 0.3) is 0 Å². The van der Waals surface area contributed by atoms with Crippen LogP contribution >= 0.6 is 15.9 Å². The third-order valence-electron chi connectivity index (χ3n) is 2.15. The van der Waals surface area contributed by atoms with Crippen molar-refractivity contribution in [2.24, 2.45) is 0 Å². The van der Waals surface area contributed by atoms with Gasteiger partial charge in [0.1, 0.15) is 0 Å². The molecule has 0 radical (unpaired) electrons. The minimum Gasteiger partial charge on any atom is -0.387 e. The number of hydrogen-bond acceptors (Lipinski definition) is 2. The molecule has 0 fully saturated rings. The normalized spacial score (nSPS) is 14.1. The highest BCUT2D eigenvalue weighted by atomic mass is 79.9. The van der Waals surface area contributed by atoms with Gasteiger partial charge in [0.05, 0.1) is 22.5 Å². The van der Waals surface area contributed by atoms with Crippen molar-refractivity contribution in [2.75, 3.05) is 0 Å². The van der Waals surface area contributed by atoms with E-state index in [9.17, 15) is 18.3 Å². The fourth-order valence-corrected chi connectivity index (χ4v) is 1.95. The number of aliphatic hydroxyl groups excluding tert-OH is 1. The first-order valence-electron chi connectivity index (χ1n) is 4.81. The van der Waals surface area contributed by atoms with E-state index in [2.05, 4.69) is 21.0 Å². The number of aromatic nitrogens is 2. The molecule has 92 valence electrons. The Labute approximate surface area is 99.4 Å². The Morgan fingerprint density at radius 1 is 1.56 bits per heavy atom. The van der Waals surface area contributed by atoms with Crippen molar-refractivity contribution >= 4 is 15.9 Å². The molecular formula is C9H12BrF3N2O. The van der Waals surface area contributed by atoms with Crippen LogP contribution in [0, 0.1) is 0 Å². The maximum absolute atomic E-state index is 12.0. The highest BCUT2D eigenvalue weighted by Gasteiger charge is 2.29. The lowest BCUT2D eigenvalue weighted by atomic mass is 10.1. The smallest absolute Gasteiger partial charge is 0.387 e. The average Bonchev–Trinajstić information content (AvgIpc) is 2.55. The Balaban J connectivity index is 2.72. The minimum absolute atomic E-state index is 0.353. The molecule has 0 saturated heterocycles. The molecule has 0 aliphatic rings. The first kappa shape index (κ1) is 13.5. The zero-order chi connectivity index (χ0) is 12.3. The van der Waals surface area contributed by atoms with Crippen molar-refractivity contribution in [1.29, 1.82) is 0 Å². The van der Waals surface area contributed by atoms with Crippen molar-refractivity contribution in [3.63, 3.8) is 0 Å². The molecule has 1 rings (SSSR count). The molecule has 16 heavy (non-hydrogen) atoms. The number of aliphatic hydroxyl groups is 1. The van der Waals surface area contributed by atoms with E-state index in [4.69, 9.17) is 0 Å². The summed E-state index contributed by atoms with van der Waals surface area (Å²) in [6, 6.07) is 0. The van der Waals surface area contributed by atoms with E-state index in [-0.39, 0.29) is 6.42 Å². The highest BCUT2D eigenvalue weighted by molar-refractivity contribution is 9.10. The molecule has 1 unspecified atom stereocenters. The zero-order valence-electron chi connectivity index (χ0n) is 8.63. The Kier molecular flexibility index (Phi) is 4.37. The molecule has 1 atom stereocenters. The van der Waals surface area contributed by atoms with Crippen molar-refractivity contribution < 1.29 is 18.3 Å². The van der Waals surface area contributed by atoms with Gasteiger partial charge in [-0.3, -0.25) is 4.68 Å². The average molecular weight is 301 g/mol. The standard InChI is InChI=1S/C9H12BrF3N2O/c1-2-15-8(6(10)5-14-15)7(16)3-4-9(11,12)13/h5,7,16H,2-4H2,1H3. The SMILES string of the molecule is CCn1ncc(Br)c1C(O)CCC(F)(F)F. The molecule has 1 heterocycles. The quantitative estimate of drug-likeness (QED) is 0.928. The Morgan fingerprint density at radius 3 is 2.69 bits per heavy atom. The molecule has 1 N–H and O–H groups in total. The van der Waals surface area contributed by atoms with E-state index in [0.29, 0.717) is 16.7 Å². The summed E-state index contributed by atoms with van der Waals surface area (Å²) < 4.78 is 38.0. The number of hydrogen-bond donors (Lipinski definition) is 1. The molecule has 0 spiro atoms. The number of alkyl halides is 3. The first-order valence-corrected chi connectivity index (χ1v) is 5.60. The summed E-state index contributed by atoms with van der Waals surface area (Å²) in [7, 11) is 0. The number of halogens is 4. The summed E-state index contributed by atoms with van der Waals surface area (Å²) in [5.74, 6) is 0. The lowest BCUT2D eigenvalue weighted by Crippen LogP contribution is -2.13. The number of aryl methyl sites for hydroxylation is 1. The largest absolute Gasteiger partial charge is 0.389 e. The van der Waals surface area contributed by atoms with E-state index in [0.717, 1.165) is 0 Å². The zero-order valence-corrected chi connectivity index (χ0v) is 10.2.